The van der Waals surface area contributed by atoms with Gasteiger partial charge in [0.2, 0.25) is 10.0 Å². The van der Waals surface area contributed by atoms with Gasteiger partial charge in [-0.3, -0.25) is 4.57 Å². The molecule has 4 rings (SSSR count). The number of hydrogen-bond acceptors (Lipinski definition) is 5. The van der Waals surface area contributed by atoms with E-state index in [1.807, 2.05) is 31.2 Å². The minimum absolute atomic E-state index is 0.119. The summed E-state index contributed by atoms with van der Waals surface area (Å²) in [7, 11) is -3.64. The van der Waals surface area contributed by atoms with E-state index in [4.69, 9.17) is 9.15 Å². The second kappa shape index (κ2) is 6.95. The molecule has 1 fully saturated rings. The first-order valence-corrected chi connectivity index (χ1v) is 10.2. The fourth-order valence-corrected chi connectivity index (χ4v) is 4.59. The molecule has 0 spiro atoms. The van der Waals surface area contributed by atoms with Crippen LogP contribution in [-0.2, 0) is 21.3 Å². The summed E-state index contributed by atoms with van der Waals surface area (Å²) in [5, 5.41) is 0. The van der Waals surface area contributed by atoms with E-state index in [1.165, 1.54) is 21.0 Å². The molecule has 0 bridgehead atoms. The third-order valence-electron chi connectivity index (χ3n) is 4.71. The molecule has 1 aromatic heterocycles. The summed E-state index contributed by atoms with van der Waals surface area (Å²) < 4.78 is 39.0. The van der Waals surface area contributed by atoms with Crippen molar-refractivity contribution in [3.05, 3.63) is 64.1 Å². The van der Waals surface area contributed by atoms with Crippen LogP contribution in [0.1, 0.15) is 11.1 Å². The minimum atomic E-state index is -3.64. The highest BCUT2D eigenvalue weighted by Gasteiger charge is 2.27. The van der Waals surface area contributed by atoms with Gasteiger partial charge in [-0.05, 0) is 24.6 Å². The van der Waals surface area contributed by atoms with E-state index < -0.39 is 15.8 Å². The molecule has 0 saturated carbocycles. The molecule has 0 amide bonds. The lowest BCUT2D eigenvalue weighted by atomic mass is 10.1. The first-order valence-electron chi connectivity index (χ1n) is 8.72. The Morgan fingerprint density at radius 1 is 1.04 bits per heavy atom. The normalized spacial score (nSPS) is 16.0. The monoisotopic (exact) mass is 388 g/mol. The second-order valence-electron chi connectivity index (χ2n) is 6.59. The Hall–Kier alpha value is -2.42. The molecule has 27 heavy (non-hydrogen) atoms. The van der Waals surface area contributed by atoms with Crippen molar-refractivity contribution in [1.29, 1.82) is 0 Å². The molecule has 3 aromatic rings. The number of nitrogens with zero attached hydrogens (tertiary/aromatic N) is 2. The Kier molecular flexibility index (Phi) is 4.63. The summed E-state index contributed by atoms with van der Waals surface area (Å²) in [6, 6.07) is 12.4. The van der Waals surface area contributed by atoms with Gasteiger partial charge >= 0.3 is 5.76 Å². The predicted octanol–water partition coefficient (Wildman–Crippen LogP) is 1.97. The van der Waals surface area contributed by atoms with Crippen molar-refractivity contribution in [2.45, 2.75) is 18.4 Å². The van der Waals surface area contributed by atoms with Crippen LogP contribution in [0.25, 0.3) is 11.1 Å². The van der Waals surface area contributed by atoms with E-state index in [0.717, 1.165) is 11.1 Å². The molecule has 0 aliphatic carbocycles. The highest BCUT2D eigenvalue weighted by Crippen LogP contribution is 2.23. The maximum atomic E-state index is 12.8. The Balaban J connectivity index is 1.70. The van der Waals surface area contributed by atoms with E-state index in [-0.39, 0.29) is 10.5 Å². The van der Waals surface area contributed by atoms with Crippen LogP contribution >= 0.6 is 0 Å². The molecule has 0 unspecified atom stereocenters. The van der Waals surface area contributed by atoms with E-state index in [9.17, 15) is 13.2 Å². The van der Waals surface area contributed by atoms with Crippen LogP contribution in [0.4, 0.5) is 0 Å². The molecular formula is C19H20N2O5S. The van der Waals surface area contributed by atoms with Crippen LogP contribution in [0, 0.1) is 6.92 Å². The summed E-state index contributed by atoms with van der Waals surface area (Å²) in [4.78, 5) is 12.4. The van der Waals surface area contributed by atoms with Gasteiger partial charge < -0.3 is 9.15 Å². The fraction of sp³-hybridized carbons (Fsp3) is 0.316. The van der Waals surface area contributed by atoms with Gasteiger partial charge in [0, 0.05) is 19.2 Å². The van der Waals surface area contributed by atoms with Crippen LogP contribution in [0.15, 0.2) is 56.6 Å². The van der Waals surface area contributed by atoms with Crippen molar-refractivity contribution in [3.8, 4) is 0 Å². The van der Waals surface area contributed by atoms with Crippen LogP contribution in [-0.4, -0.2) is 43.6 Å². The molecule has 1 aliphatic rings. The molecule has 0 N–H and O–H groups in total. The number of aryl methyl sites for hydroxylation is 1. The number of ether oxygens (including phenoxy) is 1. The summed E-state index contributed by atoms with van der Waals surface area (Å²) in [5.74, 6) is -0.508. The molecule has 0 radical (unpaired) electrons. The zero-order chi connectivity index (χ0) is 19.0. The third-order valence-corrected chi connectivity index (χ3v) is 6.60. The molecular weight excluding hydrogens is 368 g/mol. The third kappa shape index (κ3) is 3.43. The summed E-state index contributed by atoms with van der Waals surface area (Å²) in [5.41, 5.74) is 2.94. The molecule has 2 heterocycles. The number of hydrogen-bond donors (Lipinski definition) is 0. The van der Waals surface area contributed by atoms with Crippen LogP contribution in [0.2, 0.25) is 0 Å². The van der Waals surface area contributed by atoms with Crippen LogP contribution < -0.4 is 5.76 Å². The van der Waals surface area contributed by atoms with Crippen LogP contribution in [0.5, 0.6) is 0 Å². The van der Waals surface area contributed by atoms with Gasteiger partial charge in [-0.2, -0.15) is 4.31 Å². The fourth-order valence-electron chi connectivity index (χ4n) is 3.17. The standard InChI is InChI=1S/C19H20N2O5S/c1-14-2-4-15(5-3-14)13-21-17-7-6-16(12-18(17)26-19(21)22)27(23,24)20-8-10-25-11-9-20/h2-7,12H,8-11,13H2,1H3. The average Bonchev–Trinajstić information content (AvgIpc) is 2.99. The first kappa shape index (κ1) is 18.0. The predicted molar refractivity (Wildman–Crippen MR) is 100 cm³/mol. The quantitative estimate of drug-likeness (QED) is 0.683. The van der Waals surface area contributed by atoms with Crippen molar-refractivity contribution in [1.82, 2.24) is 8.87 Å². The Bertz CT molecular complexity index is 1120. The van der Waals surface area contributed by atoms with Crippen molar-refractivity contribution < 1.29 is 17.6 Å². The largest absolute Gasteiger partial charge is 0.420 e. The van der Waals surface area contributed by atoms with Gasteiger partial charge in [-0.15, -0.1) is 0 Å². The van der Waals surface area contributed by atoms with E-state index >= 15 is 0 Å². The van der Waals surface area contributed by atoms with Crippen molar-refractivity contribution in [2.24, 2.45) is 0 Å². The number of benzene rings is 2. The molecule has 2 aromatic carbocycles. The highest BCUT2D eigenvalue weighted by molar-refractivity contribution is 7.89. The topological polar surface area (TPSA) is 81.8 Å². The van der Waals surface area contributed by atoms with E-state index in [0.29, 0.717) is 38.4 Å². The molecule has 7 nitrogen and oxygen atoms in total. The average molecular weight is 388 g/mol. The van der Waals surface area contributed by atoms with Crippen LogP contribution in [0.3, 0.4) is 0 Å². The first-order chi connectivity index (χ1) is 12.9. The van der Waals surface area contributed by atoms with E-state index in [1.54, 1.807) is 6.07 Å². The van der Waals surface area contributed by atoms with E-state index in [2.05, 4.69) is 0 Å². The number of rotatable bonds is 4. The van der Waals surface area contributed by atoms with Crippen molar-refractivity contribution in [2.75, 3.05) is 26.3 Å². The van der Waals surface area contributed by atoms with Gasteiger partial charge in [-0.1, -0.05) is 29.8 Å². The minimum Gasteiger partial charge on any atom is -0.408 e. The molecule has 142 valence electrons. The zero-order valence-corrected chi connectivity index (χ0v) is 15.7. The Morgan fingerprint density at radius 3 is 2.44 bits per heavy atom. The number of morpholine rings is 1. The zero-order valence-electron chi connectivity index (χ0n) is 14.9. The molecule has 0 atom stereocenters. The lowest BCUT2D eigenvalue weighted by molar-refractivity contribution is 0.0730. The van der Waals surface area contributed by atoms with Gasteiger partial charge in [0.1, 0.15) is 0 Å². The second-order valence-corrected chi connectivity index (χ2v) is 8.52. The van der Waals surface area contributed by atoms with Crippen molar-refractivity contribution in [3.63, 3.8) is 0 Å². The highest BCUT2D eigenvalue weighted by atomic mass is 32.2. The summed E-state index contributed by atoms with van der Waals surface area (Å²) in [6.07, 6.45) is 0. The molecule has 8 heteroatoms. The maximum absolute atomic E-state index is 12.8. The SMILES string of the molecule is Cc1ccc(Cn2c(=O)oc3cc(S(=O)(=O)N4CCOCC4)ccc32)cc1. The maximum Gasteiger partial charge on any atom is 0.420 e. The smallest absolute Gasteiger partial charge is 0.408 e. The molecule has 1 aliphatic heterocycles. The molecule has 1 saturated heterocycles. The lowest BCUT2D eigenvalue weighted by Crippen LogP contribution is -2.40. The van der Waals surface area contributed by atoms with Gasteiger partial charge in [0.15, 0.2) is 5.58 Å². The summed E-state index contributed by atoms with van der Waals surface area (Å²) in [6.45, 7) is 3.76. The van der Waals surface area contributed by atoms with Gasteiger partial charge in [0.05, 0.1) is 30.2 Å². The van der Waals surface area contributed by atoms with Gasteiger partial charge in [-0.25, -0.2) is 13.2 Å². The number of fused-ring (bicyclic) bond motifs is 1. The number of aromatic nitrogens is 1. The van der Waals surface area contributed by atoms with Crippen molar-refractivity contribution >= 4 is 21.1 Å². The Labute approximate surface area is 156 Å². The lowest BCUT2D eigenvalue weighted by Gasteiger charge is -2.25. The Morgan fingerprint density at radius 2 is 1.74 bits per heavy atom. The number of sulfonamides is 1. The van der Waals surface area contributed by atoms with Gasteiger partial charge in [0.25, 0.3) is 0 Å². The number of oxazole rings is 1. The summed E-state index contributed by atoms with van der Waals surface area (Å²) >= 11 is 0.